The van der Waals surface area contributed by atoms with E-state index in [0.717, 1.165) is 18.7 Å². The highest BCUT2D eigenvalue weighted by Gasteiger charge is 2.26. The van der Waals surface area contributed by atoms with Crippen LogP contribution in [0.1, 0.15) is 28.0 Å². The molecular formula is C24H21N5O3. The molecule has 8 heteroatoms. The first kappa shape index (κ1) is 19.8. The molecule has 0 N–H and O–H groups in total. The van der Waals surface area contributed by atoms with Crippen molar-refractivity contribution in [2.75, 3.05) is 31.1 Å². The maximum Gasteiger partial charge on any atom is 0.259 e. The minimum absolute atomic E-state index is 0.0711. The van der Waals surface area contributed by atoms with E-state index in [0.29, 0.717) is 59.0 Å². The number of carbonyl (C=O) groups excluding carboxylic acids is 1. The maximum absolute atomic E-state index is 13.6. The van der Waals surface area contributed by atoms with Crippen molar-refractivity contribution in [3.05, 3.63) is 65.5 Å². The molecule has 0 unspecified atom stereocenters. The molecule has 0 saturated carbocycles. The van der Waals surface area contributed by atoms with Gasteiger partial charge in [0.15, 0.2) is 5.76 Å². The summed E-state index contributed by atoms with van der Waals surface area (Å²) in [6, 6.07) is 15.0. The van der Waals surface area contributed by atoms with Crippen LogP contribution in [0.4, 0.5) is 5.69 Å². The molecule has 3 aromatic heterocycles. The zero-order valence-corrected chi connectivity index (χ0v) is 17.6. The maximum atomic E-state index is 13.6. The predicted octanol–water partition coefficient (Wildman–Crippen LogP) is 4.02. The largest absolute Gasteiger partial charge is 0.463 e. The average Bonchev–Trinajstić information content (AvgIpc) is 3.42. The Kier molecular flexibility index (Phi) is 5.07. The van der Waals surface area contributed by atoms with Crippen LogP contribution >= 0.6 is 0 Å². The summed E-state index contributed by atoms with van der Waals surface area (Å²) < 4.78 is 10.9. The van der Waals surface area contributed by atoms with Crippen LogP contribution in [0.2, 0.25) is 0 Å². The van der Waals surface area contributed by atoms with Gasteiger partial charge in [-0.1, -0.05) is 5.16 Å². The molecule has 4 aromatic rings. The summed E-state index contributed by atoms with van der Waals surface area (Å²) in [5, 5.41) is 13.7. The lowest BCUT2D eigenvalue weighted by Gasteiger charge is -2.24. The number of nitriles is 1. The molecule has 160 valence electrons. The number of fused-ring (bicyclic) bond motifs is 1. The quantitative estimate of drug-likeness (QED) is 0.487. The fourth-order valence-corrected chi connectivity index (χ4v) is 4.11. The molecule has 0 bridgehead atoms. The Morgan fingerprint density at radius 1 is 1.12 bits per heavy atom. The zero-order chi connectivity index (χ0) is 22.1. The highest BCUT2D eigenvalue weighted by atomic mass is 16.5. The number of benzene rings is 1. The molecule has 5 rings (SSSR count). The molecule has 0 spiro atoms. The van der Waals surface area contributed by atoms with Crippen LogP contribution in [0.15, 0.2) is 57.7 Å². The van der Waals surface area contributed by atoms with Crippen LogP contribution in [-0.4, -0.2) is 47.1 Å². The Labute approximate surface area is 184 Å². The van der Waals surface area contributed by atoms with Crippen molar-refractivity contribution in [3.8, 4) is 17.5 Å². The second kappa shape index (κ2) is 8.19. The molecule has 1 fully saturated rings. The Bertz CT molecular complexity index is 1300. The predicted molar refractivity (Wildman–Crippen MR) is 118 cm³/mol. The molecule has 0 aliphatic carbocycles. The standard InChI is InChI=1S/C24H21N5O3/c1-16-22-19(14-20(21-4-2-13-31-21)26-23(22)32-27-16)24(30)29-10-3-9-28(11-12-29)18-7-5-17(15-25)6-8-18/h2,4-8,13-14H,3,9-12H2,1H3. The van der Waals surface area contributed by atoms with Gasteiger partial charge in [0.2, 0.25) is 0 Å². The van der Waals surface area contributed by atoms with Crippen molar-refractivity contribution in [1.82, 2.24) is 15.0 Å². The third-order valence-electron chi connectivity index (χ3n) is 5.77. The van der Waals surface area contributed by atoms with Gasteiger partial charge in [-0.25, -0.2) is 4.98 Å². The number of hydrogen-bond donors (Lipinski definition) is 0. The second-order valence-corrected chi connectivity index (χ2v) is 7.77. The Morgan fingerprint density at radius 3 is 2.72 bits per heavy atom. The number of hydrogen-bond acceptors (Lipinski definition) is 7. The lowest BCUT2D eigenvalue weighted by molar-refractivity contribution is 0.0769. The van der Waals surface area contributed by atoms with E-state index in [1.807, 2.05) is 36.1 Å². The van der Waals surface area contributed by atoms with E-state index in [9.17, 15) is 4.79 Å². The van der Waals surface area contributed by atoms with E-state index in [1.54, 1.807) is 24.5 Å². The van der Waals surface area contributed by atoms with E-state index in [2.05, 4.69) is 21.1 Å². The summed E-state index contributed by atoms with van der Waals surface area (Å²) in [6.07, 6.45) is 2.41. The van der Waals surface area contributed by atoms with Crippen molar-refractivity contribution >= 4 is 22.7 Å². The topological polar surface area (TPSA) is 99.4 Å². The van der Waals surface area contributed by atoms with E-state index in [-0.39, 0.29) is 5.91 Å². The summed E-state index contributed by atoms with van der Waals surface area (Å²) in [7, 11) is 0. The van der Waals surface area contributed by atoms with Crippen LogP contribution in [0.3, 0.4) is 0 Å². The first-order valence-electron chi connectivity index (χ1n) is 10.5. The first-order valence-corrected chi connectivity index (χ1v) is 10.5. The van der Waals surface area contributed by atoms with Gasteiger partial charge in [0, 0.05) is 31.9 Å². The summed E-state index contributed by atoms with van der Waals surface area (Å²) >= 11 is 0. The molecular weight excluding hydrogens is 406 g/mol. The summed E-state index contributed by atoms with van der Waals surface area (Å²) in [5.74, 6) is 0.496. The van der Waals surface area contributed by atoms with E-state index in [1.165, 1.54) is 0 Å². The first-order chi connectivity index (χ1) is 15.6. The van der Waals surface area contributed by atoms with Gasteiger partial charge in [0.25, 0.3) is 11.6 Å². The van der Waals surface area contributed by atoms with Crippen molar-refractivity contribution in [3.63, 3.8) is 0 Å². The van der Waals surface area contributed by atoms with Gasteiger partial charge in [-0.2, -0.15) is 5.26 Å². The summed E-state index contributed by atoms with van der Waals surface area (Å²) in [4.78, 5) is 22.2. The fourth-order valence-electron chi connectivity index (χ4n) is 4.11. The molecule has 1 amide bonds. The molecule has 1 aliphatic heterocycles. The Morgan fingerprint density at radius 2 is 1.97 bits per heavy atom. The molecule has 1 aromatic carbocycles. The minimum atomic E-state index is -0.0711. The number of aryl methyl sites for hydroxylation is 1. The molecule has 0 atom stereocenters. The van der Waals surface area contributed by atoms with Gasteiger partial charge < -0.3 is 18.7 Å². The van der Waals surface area contributed by atoms with Crippen LogP contribution < -0.4 is 4.90 Å². The SMILES string of the molecule is Cc1noc2nc(-c3ccco3)cc(C(=O)N3CCCN(c4ccc(C#N)cc4)CC3)c12. The number of amides is 1. The number of anilines is 1. The third-order valence-corrected chi connectivity index (χ3v) is 5.77. The number of rotatable bonds is 3. The average molecular weight is 427 g/mol. The van der Waals surface area contributed by atoms with E-state index >= 15 is 0 Å². The molecule has 1 aliphatic rings. The van der Waals surface area contributed by atoms with Gasteiger partial charge in [-0.05, 0) is 55.8 Å². The highest BCUT2D eigenvalue weighted by Crippen LogP contribution is 2.28. The van der Waals surface area contributed by atoms with Gasteiger partial charge in [0.1, 0.15) is 5.69 Å². The number of aromatic nitrogens is 2. The molecule has 32 heavy (non-hydrogen) atoms. The smallest absolute Gasteiger partial charge is 0.259 e. The van der Waals surface area contributed by atoms with Crippen molar-refractivity contribution in [2.24, 2.45) is 0 Å². The fraction of sp³-hybridized carbons (Fsp3) is 0.250. The number of nitrogens with zero attached hydrogens (tertiary/aromatic N) is 5. The van der Waals surface area contributed by atoms with Crippen molar-refractivity contribution < 1.29 is 13.7 Å². The van der Waals surface area contributed by atoms with Gasteiger partial charge in [-0.3, -0.25) is 4.79 Å². The number of carbonyl (C=O) groups is 1. The van der Waals surface area contributed by atoms with Gasteiger partial charge in [0.05, 0.1) is 34.5 Å². The normalized spacial score (nSPS) is 14.4. The number of pyridine rings is 1. The lowest BCUT2D eigenvalue weighted by Crippen LogP contribution is -2.35. The lowest BCUT2D eigenvalue weighted by atomic mass is 10.1. The van der Waals surface area contributed by atoms with Crippen molar-refractivity contribution in [2.45, 2.75) is 13.3 Å². The van der Waals surface area contributed by atoms with Crippen LogP contribution in [-0.2, 0) is 0 Å². The monoisotopic (exact) mass is 427 g/mol. The van der Waals surface area contributed by atoms with Crippen LogP contribution in [0.25, 0.3) is 22.6 Å². The Hall–Kier alpha value is -4.12. The van der Waals surface area contributed by atoms with Crippen molar-refractivity contribution in [1.29, 1.82) is 5.26 Å². The molecule has 8 nitrogen and oxygen atoms in total. The highest BCUT2D eigenvalue weighted by molar-refractivity contribution is 6.06. The van der Waals surface area contributed by atoms with E-state index in [4.69, 9.17) is 14.2 Å². The molecule has 1 saturated heterocycles. The van der Waals surface area contributed by atoms with Crippen LogP contribution in [0, 0.1) is 18.3 Å². The zero-order valence-electron chi connectivity index (χ0n) is 17.6. The molecule has 0 radical (unpaired) electrons. The van der Waals surface area contributed by atoms with Gasteiger partial charge in [-0.15, -0.1) is 0 Å². The van der Waals surface area contributed by atoms with Crippen LogP contribution in [0.5, 0.6) is 0 Å². The van der Waals surface area contributed by atoms with E-state index < -0.39 is 0 Å². The summed E-state index contributed by atoms with van der Waals surface area (Å²) in [5.41, 5.74) is 3.71. The number of furan rings is 1. The summed E-state index contributed by atoms with van der Waals surface area (Å²) in [6.45, 7) is 4.59. The van der Waals surface area contributed by atoms with Gasteiger partial charge >= 0.3 is 0 Å². The molecule has 4 heterocycles. The Balaban J connectivity index is 1.42. The minimum Gasteiger partial charge on any atom is -0.463 e. The second-order valence-electron chi connectivity index (χ2n) is 7.77. The third kappa shape index (κ3) is 3.58.